The molecule has 1 atom stereocenters. The predicted molar refractivity (Wildman–Crippen MR) is 82.0 cm³/mol. The molecule has 1 unspecified atom stereocenters. The second-order valence-electron chi connectivity index (χ2n) is 5.57. The van der Waals surface area contributed by atoms with E-state index in [2.05, 4.69) is 34.7 Å². The summed E-state index contributed by atoms with van der Waals surface area (Å²) in [6.45, 7) is 2.81. The molecule has 1 aromatic carbocycles. The highest BCUT2D eigenvalue weighted by molar-refractivity contribution is 6.30. The van der Waals surface area contributed by atoms with Crippen LogP contribution in [0.3, 0.4) is 0 Å². The number of aromatic nitrogens is 2. The van der Waals surface area contributed by atoms with E-state index in [4.69, 9.17) is 11.6 Å². The van der Waals surface area contributed by atoms with Crippen molar-refractivity contribution in [3.05, 3.63) is 51.8 Å². The van der Waals surface area contributed by atoms with Gasteiger partial charge in [0, 0.05) is 25.2 Å². The van der Waals surface area contributed by atoms with E-state index in [0.717, 1.165) is 35.8 Å². The number of fused-ring (bicyclic) bond motifs is 1. The number of rotatable bonds is 3. The molecule has 20 heavy (non-hydrogen) atoms. The van der Waals surface area contributed by atoms with Crippen molar-refractivity contribution in [2.24, 2.45) is 7.05 Å². The molecular weight excluding hydrogens is 270 g/mol. The number of aryl methyl sites for hydroxylation is 3. The Kier molecular flexibility index (Phi) is 3.81. The SMILES string of the molecule is Cc1nn(C)c(Cl)c1CNC1CCc2ccccc2C1. The molecule has 1 heterocycles. The number of halogens is 1. The van der Waals surface area contributed by atoms with Gasteiger partial charge in [-0.3, -0.25) is 4.68 Å². The van der Waals surface area contributed by atoms with Crippen molar-refractivity contribution >= 4 is 11.6 Å². The van der Waals surface area contributed by atoms with Gasteiger partial charge in [-0.2, -0.15) is 5.10 Å². The number of hydrogen-bond acceptors (Lipinski definition) is 2. The second kappa shape index (κ2) is 5.58. The summed E-state index contributed by atoms with van der Waals surface area (Å²) in [6.07, 6.45) is 3.45. The molecule has 0 amide bonds. The third kappa shape index (κ3) is 2.60. The number of nitrogens with one attached hydrogen (secondary N) is 1. The number of benzene rings is 1. The number of nitrogens with zero attached hydrogens (tertiary/aromatic N) is 2. The molecule has 4 heteroatoms. The molecule has 0 spiro atoms. The summed E-state index contributed by atoms with van der Waals surface area (Å²) >= 11 is 6.27. The molecule has 3 rings (SSSR count). The van der Waals surface area contributed by atoms with Crippen molar-refractivity contribution in [1.29, 1.82) is 0 Å². The normalized spacial score (nSPS) is 18.1. The van der Waals surface area contributed by atoms with Crippen LogP contribution in [0.1, 0.15) is 28.8 Å². The Labute approximate surface area is 124 Å². The van der Waals surface area contributed by atoms with Gasteiger partial charge in [0.05, 0.1) is 5.69 Å². The molecular formula is C16H20ClN3. The lowest BCUT2D eigenvalue weighted by molar-refractivity contribution is 0.457. The smallest absolute Gasteiger partial charge is 0.131 e. The van der Waals surface area contributed by atoms with Crippen LogP contribution in [0.5, 0.6) is 0 Å². The Morgan fingerprint density at radius 3 is 2.80 bits per heavy atom. The van der Waals surface area contributed by atoms with Gasteiger partial charge in [-0.1, -0.05) is 35.9 Å². The van der Waals surface area contributed by atoms with Gasteiger partial charge >= 0.3 is 0 Å². The van der Waals surface area contributed by atoms with Gasteiger partial charge in [-0.05, 0) is 37.3 Å². The van der Waals surface area contributed by atoms with E-state index < -0.39 is 0 Å². The van der Waals surface area contributed by atoms with E-state index in [1.54, 1.807) is 4.68 Å². The molecule has 0 fully saturated rings. The maximum Gasteiger partial charge on any atom is 0.131 e. The molecule has 0 bridgehead atoms. The second-order valence-corrected chi connectivity index (χ2v) is 5.93. The summed E-state index contributed by atoms with van der Waals surface area (Å²) in [7, 11) is 1.88. The third-order valence-electron chi connectivity index (χ3n) is 4.18. The Morgan fingerprint density at radius 2 is 2.10 bits per heavy atom. The van der Waals surface area contributed by atoms with Gasteiger partial charge in [0.2, 0.25) is 0 Å². The molecule has 1 aliphatic carbocycles. The lowest BCUT2D eigenvalue weighted by atomic mass is 9.88. The fourth-order valence-corrected chi connectivity index (χ4v) is 3.23. The van der Waals surface area contributed by atoms with Crippen LogP contribution < -0.4 is 5.32 Å². The number of hydrogen-bond donors (Lipinski definition) is 1. The van der Waals surface area contributed by atoms with Crippen molar-refractivity contribution in [3.63, 3.8) is 0 Å². The lowest BCUT2D eigenvalue weighted by Gasteiger charge is -2.25. The highest BCUT2D eigenvalue weighted by Crippen LogP contribution is 2.23. The molecule has 106 valence electrons. The maximum absolute atomic E-state index is 6.27. The van der Waals surface area contributed by atoms with Gasteiger partial charge in [-0.25, -0.2) is 0 Å². The minimum Gasteiger partial charge on any atom is -0.309 e. The minimum absolute atomic E-state index is 0.528. The van der Waals surface area contributed by atoms with Gasteiger partial charge in [0.15, 0.2) is 0 Å². The van der Waals surface area contributed by atoms with Crippen LogP contribution >= 0.6 is 11.6 Å². The van der Waals surface area contributed by atoms with Crippen LogP contribution in [0.4, 0.5) is 0 Å². The fourth-order valence-electron chi connectivity index (χ4n) is 2.99. The zero-order valence-electron chi connectivity index (χ0n) is 12.0. The first-order valence-corrected chi connectivity index (χ1v) is 7.51. The Balaban J connectivity index is 1.66. The minimum atomic E-state index is 0.528. The van der Waals surface area contributed by atoms with Crippen LogP contribution in [-0.4, -0.2) is 15.8 Å². The Hall–Kier alpha value is -1.32. The summed E-state index contributed by atoms with van der Waals surface area (Å²) in [4.78, 5) is 0. The van der Waals surface area contributed by atoms with Crippen LogP contribution in [0.25, 0.3) is 0 Å². The molecule has 0 aliphatic heterocycles. The van der Waals surface area contributed by atoms with Crippen molar-refractivity contribution in [1.82, 2.24) is 15.1 Å². The van der Waals surface area contributed by atoms with Crippen LogP contribution in [0.2, 0.25) is 5.15 Å². The first-order chi connectivity index (χ1) is 9.65. The van der Waals surface area contributed by atoms with Crippen molar-refractivity contribution in [2.45, 2.75) is 38.8 Å². The summed E-state index contributed by atoms with van der Waals surface area (Å²) < 4.78 is 1.74. The molecule has 1 N–H and O–H groups in total. The molecule has 0 saturated carbocycles. The summed E-state index contributed by atoms with van der Waals surface area (Å²) in [6, 6.07) is 9.27. The monoisotopic (exact) mass is 289 g/mol. The quantitative estimate of drug-likeness (QED) is 0.941. The molecule has 0 saturated heterocycles. The van der Waals surface area contributed by atoms with Gasteiger partial charge in [-0.15, -0.1) is 0 Å². The van der Waals surface area contributed by atoms with Crippen molar-refractivity contribution in [2.75, 3.05) is 0 Å². The van der Waals surface area contributed by atoms with E-state index in [0.29, 0.717) is 6.04 Å². The Bertz CT molecular complexity index is 618. The standard InChI is InChI=1S/C16H20ClN3/c1-11-15(16(17)20(2)19-11)10-18-14-8-7-12-5-3-4-6-13(12)9-14/h3-6,14,18H,7-10H2,1-2H3. The first kappa shape index (κ1) is 13.7. The first-order valence-electron chi connectivity index (χ1n) is 7.13. The van der Waals surface area contributed by atoms with Crippen LogP contribution in [0.15, 0.2) is 24.3 Å². The average Bonchev–Trinajstić information content (AvgIpc) is 2.70. The zero-order chi connectivity index (χ0) is 14.1. The topological polar surface area (TPSA) is 29.9 Å². The van der Waals surface area contributed by atoms with E-state index in [9.17, 15) is 0 Å². The molecule has 1 aliphatic rings. The average molecular weight is 290 g/mol. The van der Waals surface area contributed by atoms with E-state index in [-0.39, 0.29) is 0 Å². The zero-order valence-corrected chi connectivity index (χ0v) is 12.7. The maximum atomic E-state index is 6.27. The van der Waals surface area contributed by atoms with Gasteiger partial charge < -0.3 is 5.32 Å². The van der Waals surface area contributed by atoms with E-state index in [1.807, 2.05) is 14.0 Å². The highest BCUT2D eigenvalue weighted by Gasteiger charge is 2.19. The molecule has 1 aromatic heterocycles. The van der Waals surface area contributed by atoms with Crippen LogP contribution in [-0.2, 0) is 26.4 Å². The summed E-state index contributed by atoms with van der Waals surface area (Å²) in [5, 5.41) is 8.73. The largest absolute Gasteiger partial charge is 0.309 e. The van der Waals surface area contributed by atoms with Crippen molar-refractivity contribution in [3.8, 4) is 0 Å². The van der Waals surface area contributed by atoms with Gasteiger partial charge in [0.25, 0.3) is 0 Å². The molecule has 0 radical (unpaired) electrons. The predicted octanol–water partition coefficient (Wildman–Crippen LogP) is 3.03. The van der Waals surface area contributed by atoms with Crippen molar-refractivity contribution < 1.29 is 0 Å². The van der Waals surface area contributed by atoms with E-state index >= 15 is 0 Å². The summed E-state index contributed by atoms with van der Waals surface area (Å²) in [5.41, 5.74) is 5.11. The molecule has 2 aromatic rings. The Morgan fingerprint density at radius 1 is 1.35 bits per heavy atom. The molecule has 3 nitrogen and oxygen atoms in total. The van der Waals surface area contributed by atoms with Gasteiger partial charge in [0.1, 0.15) is 5.15 Å². The van der Waals surface area contributed by atoms with Crippen LogP contribution in [0, 0.1) is 6.92 Å². The summed E-state index contributed by atoms with van der Waals surface area (Å²) in [5.74, 6) is 0. The highest BCUT2D eigenvalue weighted by atomic mass is 35.5. The fraction of sp³-hybridized carbons (Fsp3) is 0.438. The third-order valence-corrected chi connectivity index (χ3v) is 4.66. The van der Waals surface area contributed by atoms with E-state index in [1.165, 1.54) is 17.5 Å². The lowest BCUT2D eigenvalue weighted by Crippen LogP contribution is -2.34.